The highest BCUT2D eigenvalue weighted by atomic mass is 79.9. The Hall–Kier alpha value is -2.92. The summed E-state index contributed by atoms with van der Waals surface area (Å²) in [7, 11) is 1.72. The summed E-state index contributed by atoms with van der Waals surface area (Å²) in [5.74, 6) is -0.470. The highest BCUT2D eigenvalue weighted by molar-refractivity contribution is 9.10. The molecule has 0 saturated carbocycles. The van der Waals surface area contributed by atoms with Gasteiger partial charge in [-0.05, 0) is 59.3 Å². The Kier molecular flexibility index (Phi) is 5.72. The molecule has 1 N–H and O–H groups in total. The van der Waals surface area contributed by atoms with Gasteiger partial charge in [0.2, 0.25) is 0 Å². The molecule has 0 atom stereocenters. The van der Waals surface area contributed by atoms with E-state index in [9.17, 15) is 9.59 Å². The Balaban J connectivity index is 1.87. The standard InChI is InChI=1S/C22H19BrN2O2/c1-15-11-13-16(14-12-15)25(2)22(27)18-8-4-6-10-20(18)24-21(26)17-7-3-5-9-19(17)23/h3-14H,1-2H3,(H,24,26). The second-order valence-corrected chi connectivity index (χ2v) is 7.03. The van der Waals surface area contributed by atoms with E-state index in [4.69, 9.17) is 0 Å². The van der Waals surface area contributed by atoms with Gasteiger partial charge in [-0.15, -0.1) is 0 Å². The number of carbonyl (C=O) groups excluding carboxylic acids is 2. The summed E-state index contributed by atoms with van der Waals surface area (Å²) in [5, 5.41) is 2.85. The molecule has 3 rings (SSSR count). The van der Waals surface area contributed by atoms with Crippen molar-refractivity contribution in [2.24, 2.45) is 0 Å². The Labute approximate surface area is 167 Å². The van der Waals surface area contributed by atoms with Crippen LogP contribution in [0.4, 0.5) is 11.4 Å². The van der Waals surface area contributed by atoms with Gasteiger partial charge >= 0.3 is 0 Å². The van der Waals surface area contributed by atoms with Crippen LogP contribution in [0, 0.1) is 6.92 Å². The summed E-state index contributed by atoms with van der Waals surface area (Å²) in [4.78, 5) is 27.2. The Morgan fingerprint density at radius 2 is 1.44 bits per heavy atom. The normalized spacial score (nSPS) is 10.3. The van der Waals surface area contributed by atoms with Gasteiger partial charge in [0.15, 0.2) is 0 Å². The third kappa shape index (κ3) is 4.26. The Morgan fingerprint density at radius 1 is 0.852 bits per heavy atom. The van der Waals surface area contributed by atoms with Crippen LogP contribution >= 0.6 is 15.9 Å². The lowest BCUT2D eigenvalue weighted by atomic mass is 10.1. The van der Waals surface area contributed by atoms with Gasteiger partial charge in [0.05, 0.1) is 16.8 Å². The van der Waals surface area contributed by atoms with Crippen LogP contribution in [-0.4, -0.2) is 18.9 Å². The SMILES string of the molecule is Cc1ccc(N(C)C(=O)c2ccccc2NC(=O)c2ccccc2Br)cc1. The molecule has 0 aromatic heterocycles. The average molecular weight is 423 g/mol. The van der Waals surface area contributed by atoms with Crippen molar-refractivity contribution in [2.45, 2.75) is 6.92 Å². The molecule has 0 aliphatic rings. The fourth-order valence-corrected chi connectivity index (χ4v) is 3.14. The van der Waals surface area contributed by atoms with Crippen molar-refractivity contribution in [3.05, 3.63) is 94.0 Å². The molecule has 0 spiro atoms. The molecular formula is C22H19BrN2O2. The number of para-hydroxylation sites is 1. The van der Waals surface area contributed by atoms with E-state index in [1.54, 1.807) is 54.4 Å². The maximum atomic E-state index is 13.0. The molecule has 136 valence electrons. The molecule has 27 heavy (non-hydrogen) atoms. The molecule has 0 fully saturated rings. The molecule has 0 saturated heterocycles. The third-order valence-electron chi connectivity index (χ3n) is 4.25. The number of anilines is 2. The van der Waals surface area contributed by atoms with Crippen LogP contribution in [0.3, 0.4) is 0 Å². The fourth-order valence-electron chi connectivity index (χ4n) is 2.68. The van der Waals surface area contributed by atoms with E-state index in [1.807, 2.05) is 37.3 Å². The van der Waals surface area contributed by atoms with Crippen molar-refractivity contribution < 1.29 is 9.59 Å². The average Bonchev–Trinajstić information content (AvgIpc) is 2.68. The number of hydrogen-bond acceptors (Lipinski definition) is 2. The number of benzene rings is 3. The van der Waals surface area contributed by atoms with Crippen LogP contribution in [-0.2, 0) is 0 Å². The summed E-state index contributed by atoms with van der Waals surface area (Å²) >= 11 is 3.38. The molecule has 0 unspecified atom stereocenters. The molecule has 2 amide bonds. The van der Waals surface area contributed by atoms with Crippen LogP contribution in [0.2, 0.25) is 0 Å². The summed E-state index contributed by atoms with van der Waals surface area (Å²) < 4.78 is 0.697. The number of aryl methyl sites for hydroxylation is 1. The minimum atomic E-state index is -0.277. The molecule has 0 aliphatic carbocycles. The lowest BCUT2D eigenvalue weighted by Crippen LogP contribution is -2.27. The van der Waals surface area contributed by atoms with Crippen LogP contribution in [0.5, 0.6) is 0 Å². The zero-order chi connectivity index (χ0) is 19.4. The van der Waals surface area contributed by atoms with Gasteiger partial charge in [-0.2, -0.15) is 0 Å². The third-order valence-corrected chi connectivity index (χ3v) is 4.94. The molecular weight excluding hydrogens is 404 g/mol. The van der Waals surface area contributed by atoms with E-state index >= 15 is 0 Å². The molecule has 5 heteroatoms. The second kappa shape index (κ2) is 8.18. The lowest BCUT2D eigenvalue weighted by molar-refractivity contribution is 0.0994. The topological polar surface area (TPSA) is 49.4 Å². The number of amides is 2. The minimum absolute atomic E-state index is 0.193. The first-order valence-electron chi connectivity index (χ1n) is 8.47. The van der Waals surface area contributed by atoms with Gasteiger partial charge in [0.25, 0.3) is 11.8 Å². The predicted octanol–water partition coefficient (Wildman–Crippen LogP) is 5.29. The van der Waals surface area contributed by atoms with Crippen LogP contribution < -0.4 is 10.2 Å². The number of rotatable bonds is 4. The quantitative estimate of drug-likeness (QED) is 0.620. The molecule has 0 heterocycles. The summed E-state index contributed by atoms with van der Waals surface area (Å²) in [6.07, 6.45) is 0. The molecule has 3 aromatic carbocycles. The largest absolute Gasteiger partial charge is 0.321 e. The van der Waals surface area contributed by atoms with E-state index < -0.39 is 0 Å². The van der Waals surface area contributed by atoms with Crippen molar-refractivity contribution in [3.63, 3.8) is 0 Å². The van der Waals surface area contributed by atoms with Crippen molar-refractivity contribution >= 4 is 39.1 Å². The zero-order valence-corrected chi connectivity index (χ0v) is 16.7. The number of halogens is 1. The van der Waals surface area contributed by atoms with E-state index in [2.05, 4.69) is 21.2 Å². The zero-order valence-electron chi connectivity index (χ0n) is 15.1. The number of nitrogens with zero attached hydrogens (tertiary/aromatic N) is 1. The van der Waals surface area contributed by atoms with Gasteiger partial charge in [-0.3, -0.25) is 9.59 Å². The molecule has 0 radical (unpaired) electrons. The summed E-state index contributed by atoms with van der Waals surface area (Å²) in [6.45, 7) is 2.00. The highest BCUT2D eigenvalue weighted by Gasteiger charge is 2.19. The number of carbonyl (C=O) groups is 2. The first-order chi connectivity index (χ1) is 13.0. The van der Waals surface area contributed by atoms with Crippen molar-refractivity contribution in [2.75, 3.05) is 17.3 Å². The minimum Gasteiger partial charge on any atom is -0.321 e. The van der Waals surface area contributed by atoms with E-state index in [0.29, 0.717) is 21.3 Å². The van der Waals surface area contributed by atoms with Crippen molar-refractivity contribution in [3.8, 4) is 0 Å². The van der Waals surface area contributed by atoms with E-state index in [1.165, 1.54) is 0 Å². The van der Waals surface area contributed by atoms with Crippen LogP contribution in [0.25, 0.3) is 0 Å². The maximum absolute atomic E-state index is 13.0. The molecule has 0 bridgehead atoms. The van der Waals surface area contributed by atoms with Crippen LogP contribution in [0.15, 0.2) is 77.3 Å². The van der Waals surface area contributed by atoms with E-state index in [0.717, 1.165) is 11.3 Å². The molecule has 3 aromatic rings. The van der Waals surface area contributed by atoms with Gasteiger partial charge in [0, 0.05) is 17.2 Å². The molecule has 0 aliphatic heterocycles. The van der Waals surface area contributed by atoms with Gasteiger partial charge in [0.1, 0.15) is 0 Å². The smallest absolute Gasteiger partial charge is 0.260 e. The number of hydrogen-bond donors (Lipinski definition) is 1. The Bertz CT molecular complexity index is 984. The Morgan fingerprint density at radius 3 is 2.11 bits per heavy atom. The maximum Gasteiger partial charge on any atom is 0.260 e. The fraction of sp³-hybridized carbons (Fsp3) is 0.0909. The monoisotopic (exact) mass is 422 g/mol. The first kappa shape index (κ1) is 18.9. The van der Waals surface area contributed by atoms with Gasteiger partial charge in [-0.1, -0.05) is 42.0 Å². The van der Waals surface area contributed by atoms with Crippen LogP contribution in [0.1, 0.15) is 26.3 Å². The van der Waals surface area contributed by atoms with Gasteiger partial charge < -0.3 is 10.2 Å². The summed E-state index contributed by atoms with van der Waals surface area (Å²) in [6, 6.07) is 21.9. The lowest BCUT2D eigenvalue weighted by Gasteiger charge is -2.19. The summed E-state index contributed by atoms with van der Waals surface area (Å²) in [5.41, 5.74) is 3.33. The second-order valence-electron chi connectivity index (χ2n) is 6.18. The van der Waals surface area contributed by atoms with Crippen molar-refractivity contribution in [1.29, 1.82) is 0 Å². The van der Waals surface area contributed by atoms with Gasteiger partial charge in [-0.25, -0.2) is 0 Å². The predicted molar refractivity (Wildman–Crippen MR) is 112 cm³/mol. The first-order valence-corrected chi connectivity index (χ1v) is 9.26. The number of nitrogens with one attached hydrogen (secondary N) is 1. The van der Waals surface area contributed by atoms with Crippen molar-refractivity contribution in [1.82, 2.24) is 0 Å². The molecule has 4 nitrogen and oxygen atoms in total. The van der Waals surface area contributed by atoms with E-state index in [-0.39, 0.29) is 11.8 Å². The highest BCUT2D eigenvalue weighted by Crippen LogP contribution is 2.23.